The number of para-hydroxylation sites is 1. The number of aromatic nitrogens is 4. The van der Waals surface area contributed by atoms with Crippen LogP contribution in [-0.2, 0) is 6.42 Å². The van der Waals surface area contributed by atoms with Crippen molar-refractivity contribution in [1.82, 2.24) is 19.6 Å². The first kappa shape index (κ1) is 12.2. The molecule has 2 aromatic heterocycles. The van der Waals surface area contributed by atoms with Crippen molar-refractivity contribution in [2.24, 2.45) is 0 Å². The highest BCUT2D eigenvalue weighted by Crippen LogP contribution is 2.20. The standard InChI is InChI=1S/C12H10N4O4/c1-2-6-4-3-5-7-8(6)13-11(17)16-9(7)14-10(15-16)20-12(18)19/h3-5H,2H2,1H3,(H,13,17)(H,18,19). The summed E-state index contributed by atoms with van der Waals surface area (Å²) in [4.78, 5) is 29.1. The van der Waals surface area contributed by atoms with Crippen molar-refractivity contribution in [3.05, 3.63) is 34.2 Å². The lowest BCUT2D eigenvalue weighted by atomic mass is 10.1. The maximum absolute atomic E-state index is 12.0. The van der Waals surface area contributed by atoms with E-state index in [9.17, 15) is 9.59 Å². The van der Waals surface area contributed by atoms with Gasteiger partial charge in [-0.05, 0) is 18.1 Å². The maximum Gasteiger partial charge on any atom is 0.513 e. The average molecular weight is 274 g/mol. The lowest BCUT2D eigenvalue weighted by Crippen LogP contribution is -2.18. The highest BCUT2D eigenvalue weighted by atomic mass is 16.7. The quantitative estimate of drug-likeness (QED) is 0.679. The van der Waals surface area contributed by atoms with E-state index in [1.165, 1.54) is 0 Å². The van der Waals surface area contributed by atoms with E-state index < -0.39 is 11.8 Å². The van der Waals surface area contributed by atoms with Crippen LogP contribution in [0.15, 0.2) is 23.0 Å². The number of aromatic amines is 1. The minimum Gasteiger partial charge on any atom is -0.449 e. The van der Waals surface area contributed by atoms with Crippen molar-refractivity contribution in [3.8, 4) is 6.01 Å². The molecule has 0 spiro atoms. The summed E-state index contributed by atoms with van der Waals surface area (Å²) in [6.45, 7) is 1.97. The second-order valence-electron chi connectivity index (χ2n) is 4.12. The number of carbonyl (C=O) groups is 1. The molecule has 3 aromatic rings. The van der Waals surface area contributed by atoms with Crippen LogP contribution in [-0.4, -0.2) is 30.8 Å². The molecule has 102 valence electrons. The summed E-state index contributed by atoms with van der Waals surface area (Å²) in [5, 5.41) is 13.0. The minimum absolute atomic E-state index is 0.260. The average Bonchev–Trinajstić information content (AvgIpc) is 2.82. The molecular weight excluding hydrogens is 264 g/mol. The number of hydrogen-bond donors (Lipinski definition) is 2. The minimum atomic E-state index is -1.53. The first-order chi connectivity index (χ1) is 9.60. The molecule has 0 radical (unpaired) electrons. The van der Waals surface area contributed by atoms with Gasteiger partial charge in [0, 0.05) is 5.39 Å². The largest absolute Gasteiger partial charge is 0.513 e. The van der Waals surface area contributed by atoms with Gasteiger partial charge in [-0.25, -0.2) is 9.59 Å². The van der Waals surface area contributed by atoms with Crippen LogP contribution in [0.1, 0.15) is 12.5 Å². The van der Waals surface area contributed by atoms with Crippen LogP contribution >= 0.6 is 0 Å². The van der Waals surface area contributed by atoms with Gasteiger partial charge in [0.25, 0.3) is 0 Å². The number of H-pyrrole nitrogens is 1. The lowest BCUT2D eigenvalue weighted by Gasteiger charge is -2.03. The number of nitrogens with zero attached hydrogens (tertiary/aromatic N) is 3. The summed E-state index contributed by atoms with van der Waals surface area (Å²) in [6, 6.07) is 5.14. The molecule has 0 amide bonds. The highest BCUT2D eigenvalue weighted by Gasteiger charge is 2.14. The number of ether oxygens (including phenoxy) is 1. The van der Waals surface area contributed by atoms with Gasteiger partial charge in [-0.15, -0.1) is 5.10 Å². The van der Waals surface area contributed by atoms with Crippen molar-refractivity contribution in [2.45, 2.75) is 13.3 Å². The van der Waals surface area contributed by atoms with Gasteiger partial charge in [-0.1, -0.05) is 19.1 Å². The fraction of sp³-hybridized carbons (Fsp3) is 0.167. The second-order valence-corrected chi connectivity index (χ2v) is 4.12. The van der Waals surface area contributed by atoms with Gasteiger partial charge < -0.3 is 14.8 Å². The van der Waals surface area contributed by atoms with Gasteiger partial charge in [0.05, 0.1) is 5.52 Å². The first-order valence-corrected chi connectivity index (χ1v) is 5.91. The Balaban J connectivity index is 2.38. The number of hydrogen-bond acceptors (Lipinski definition) is 5. The van der Waals surface area contributed by atoms with Crippen molar-refractivity contribution >= 4 is 22.7 Å². The number of fused-ring (bicyclic) bond motifs is 3. The number of rotatable bonds is 2. The van der Waals surface area contributed by atoms with Crippen LogP contribution in [0.2, 0.25) is 0 Å². The van der Waals surface area contributed by atoms with E-state index in [4.69, 9.17) is 5.11 Å². The third-order valence-corrected chi connectivity index (χ3v) is 2.96. The molecule has 0 unspecified atom stereocenters. The van der Waals surface area contributed by atoms with Crippen LogP contribution in [0, 0.1) is 0 Å². The Morgan fingerprint density at radius 1 is 1.50 bits per heavy atom. The second kappa shape index (κ2) is 4.34. The molecule has 2 N–H and O–H groups in total. The molecule has 8 nitrogen and oxygen atoms in total. The molecule has 0 aliphatic rings. The van der Waals surface area contributed by atoms with Gasteiger partial charge in [0.2, 0.25) is 0 Å². The molecule has 0 fully saturated rings. The van der Waals surface area contributed by atoms with E-state index in [0.29, 0.717) is 10.9 Å². The van der Waals surface area contributed by atoms with E-state index in [2.05, 4.69) is 19.8 Å². The fourth-order valence-corrected chi connectivity index (χ4v) is 2.12. The lowest BCUT2D eigenvalue weighted by molar-refractivity contribution is 0.140. The van der Waals surface area contributed by atoms with Crippen molar-refractivity contribution < 1.29 is 14.6 Å². The van der Waals surface area contributed by atoms with Crippen molar-refractivity contribution in [2.75, 3.05) is 0 Å². The Kier molecular flexibility index (Phi) is 2.63. The molecule has 8 heteroatoms. The molecule has 0 saturated carbocycles. The van der Waals surface area contributed by atoms with Gasteiger partial charge in [0.1, 0.15) is 0 Å². The normalized spacial score (nSPS) is 11.1. The third kappa shape index (κ3) is 1.78. The van der Waals surface area contributed by atoms with E-state index >= 15 is 0 Å². The van der Waals surface area contributed by atoms with Gasteiger partial charge in [-0.2, -0.15) is 9.50 Å². The summed E-state index contributed by atoms with van der Waals surface area (Å²) in [5.74, 6) is 0. The van der Waals surface area contributed by atoms with E-state index in [0.717, 1.165) is 16.5 Å². The smallest absolute Gasteiger partial charge is 0.449 e. The number of nitrogens with one attached hydrogen (secondary N) is 1. The van der Waals surface area contributed by atoms with Crippen molar-refractivity contribution in [3.63, 3.8) is 0 Å². The van der Waals surface area contributed by atoms with Gasteiger partial charge in [0.15, 0.2) is 5.65 Å². The highest BCUT2D eigenvalue weighted by molar-refractivity contribution is 5.93. The predicted octanol–water partition coefficient (Wildman–Crippen LogP) is 1.19. The van der Waals surface area contributed by atoms with Gasteiger partial charge in [-0.3, -0.25) is 0 Å². The molecule has 0 atom stereocenters. The summed E-state index contributed by atoms with van der Waals surface area (Å²) in [5.41, 5.74) is 1.39. The monoisotopic (exact) mass is 274 g/mol. The molecule has 2 heterocycles. The molecular formula is C12H10N4O4. The predicted molar refractivity (Wildman–Crippen MR) is 69.1 cm³/mol. The summed E-state index contributed by atoms with van der Waals surface area (Å²) in [7, 11) is 0. The molecule has 0 aliphatic heterocycles. The Bertz CT molecular complexity index is 880. The molecule has 0 saturated heterocycles. The fourth-order valence-electron chi connectivity index (χ4n) is 2.12. The number of benzene rings is 1. The van der Waals surface area contributed by atoms with Crippen LogP contribution in [0.4, 0.5) is 4.79 Å². The van der Waals surface area contributed by atoms with E-state index in [1.807, 2.05) is 19.1 Å². The summed E-state index contributed by atoms with van der Waals surface area (Å²) < 4.78 is 5.37. The topological polar surface area (TPSA) is 110 Å². The van der Waals surface area contributed by atoms with Crippen molar-refractivity contribution in [1.29, 1.82) is 0 Å². The van der Waals surface area contributed by atoms with Crippen LogP contribution in [0.3, 0.4) is 0 Å². The molecule has 0 aliphatic carbocycles. The first-order valence-electron chi connectivity index (χ1n) is 5.91. The Labute approximate surface area is 111 Å². The summed E-state index contributed by atoms with van der Waals surface area (Å²) >= 11 is 0. The van der Waals surface area contributed by atoms with Crippen LogP contribution in [0.5, 0.6) is 6.01 Å². The number of carboxylic acid groups (broad SMARTS) is 1. The molecule has 3 rings (SSSR count). The third-order valence-electron chi connectivity index (χ3n) is 2.96. The van der Waals surface area contributed by atoms with Crippen LogP contribution < -0.4 is 10.4 Å². The van der Waals surface area contributed by atoms with Crippen LogP contribution in [0.25, 0.3) is 16.6 Å². The zero-order chi connectivity index (χ0) is 14.3. The Morgan fingerprint density at radius 3 is 3.00 bits per heavy atom. The molecule has 20 heavy (non-hydrogen) atoms. The van der Waals surface area contributed by atoms with E-state index in [-0.39, 0.29) is 11.7 Å². The SMILES string of the molecule is CCc1cccc2c1[nH]c(=O)n1nc(OC(=O)O)nc21. The van der Waals surface area contributed by atoms with Gasteiger partial charge >= 0.3 is 17.9 Å². The number of aryl methyl sites for hydroxylation is 1. The molecule has 0 bridgehead atoms. The Hall–Kier alpha value is -2.90. The Morgan fingerprint density at radius 2 is 2.30 bits per heavy atom. The van der Waals surface area contributed by atoms with E-state index in [1.54, 1.807) is 6.07 Å². The molecule has 1 aromatic carbocycles. The zero-order valence-corrected chi connectivity index (χ0v) is 10.5. The zero-order valence-electron chi connectivity index (χ0n) is 10.5. The maximum atomic E-state index is 12.0. The summed E-state index contributed by atoms with van der Waals surface area (Å²) in [6.07, 6.45) is -0.785.